The van der Waals surface area contributed by atoms with Crippen LogP contribution in [0.5, 0.6) is 28.7 Å². The molecule has 10 nitrogen and oxygen atoms in total. The number of fused-ring (bicyclic) bond motifs is 1. The standard InChI is InChI=1S/C25H29N5O5/c1-31-21-11-18(12-22(32-2)25(21)33-3)28-23-13-24(27-15-26-23)30-8-6-29(7-9-30)14-17-4-5-19-20(10-17)35-16-34-19/h4-5,10-13,15H,6-9,14,16H2,1-3H3,(H,26,27,28). The number of aromatic nitrogens is 2. The van der Waals surface area contributed by atoms with Crippen LogP contribution in [-0.2, 0) is 6.54 Å². The first-order chi connectivity index (χ1) is 17.2. The topological polar surface area (TPSA) is 90.4 Å². The molecule has 3 heterocycles. The quantitative estimate of drug-likeness (QED) is 0.519. The van der Waals surface area contributed by atoms with E-state index in [1.165, 1.54) is 5.56 Å². The van der Waals surface area contributed by atoms with Crippen LogP contribution in [0.25, 0.3) is 0 Å². The second kappa shape index (κ2) is 10.1. The van der Waals surface area contributed by atoms with Gasteiger partial charge in [-0.25, -0.2) is 9.97 Å². The number of rotatable bonds is 8. The second-order valence-corrected chi connectivity index (χ2v) is 8.25. The number of nitrogens with one attached hydrogen (secondary N) is 1. The van der Waals surface area contributed by atoms with E-state index < -0.39 is 0 Å². The smallest absolute Gasteiger partial charge is 0.231 e. The fraction of sp³-hybridized carbons (Fsp3) is 0.360. The predicted octanol–water partition coefficient (Wildman–Crippen LogP) is 3.30. The van der Waals surface area contributed by atoms with Gasteiger partial charge in [0.15, 0.2) is 23.0 Å². The van der Waals surface area contributed by atoms with Crippen LogP contribution in [0.15, 0.2) is 42.7 Å². The lowest BCUT2D eigenvalue weighted by Gasteiger charge is -2.35. The van der Waals surface area contributed by atoms with Crippen LogP contribution in [-0.4, -0.2) is 69.2 Å². The van der Waals surface area contributed by atoms with E-state index in [4.69, 9.17) is 23.7 Å². The molecule has 1 fully saturated rings. The van der Waals surface area contributed by atoms with E-state index in [1.54, 1.807) is 27.7 Å². The average molecular weight is 480 g/mol. The van der Waals surface area contributed by atoms with Crippen LogP contribution < -0.4 is 33.9 Å². The Morgan fingerprint density at radius 3 is 2.31 bits per heavy atom. The van der Waals surface area contributed by atoms with E-state index in [0.29, 0.717) is 29.9 Å². The van der Waals surface area contributed by atoms with Crippen LogP contribution in [0.1, 0.15) is 5.56 Å². The second-order valence-electron chi connectivity index (χ2n) is 8.25. The minimum atomic E-state index is 0.298. The molecule has 0 aliphatic carbocycles. The zero-order chi connectivity index (χ0) is 24.2. The third-order valence-corrected chi connectivity index (χ3v) is 6.13. The molecule has 2 aliphatic rings. The van der Waals surface area contributed by atoms with Crippen LogP contribution in [0.4, 0.5) is 17.3 Å². The van der Waals surface area contributed by atoms with Gasteiger partial charge in [0.2, 0.25) is 12.5 Å². The lowest BCUT2D eigenvalue weighted by Crippen LogP contribution is -2.46. The van der Waals surface area contributed by atoms with Gasteiger partial charge in [-0.3, -0.25) is 4.90 Å². The van der Waals surface area contributed by atoms with Gasteiger partial charge in [0.05, 0.1) is 21.3 Å². The van der Waals surface area contributed by atoms with Gasteiger partial charge < -0.3 is 33.9 Å². The Hall–Kier alpha value is -3.92. The number of anilines is 3. The molecule has 10 heteroatoms. The Bertz CT molecular complexity index is 1160. The number of ether oxygens (including phenoxy) is 5. The lowest BCUT2D eigenvalue weighted by atomic mass is 10.1. The highest BCUT2D eigenvalue weighted by Crippen LogP contribution is 2.40. The molecule has 1 saturated heterocycles. The molecular weight excluding hydrogens is 450 g/mol. The van der Waals surface area contributed by atoms with E-state index >= 15 is 0 Å². The number of piperazine rings is 1. The Morgan fingerprint density at radius 1 is 0.857 bits per heavy atom. The molecule has 1 aromatic heterocycles. The fourth-order valence-corrected chi connectivity index (χ4v) is 4.32. The van der Waals surface area contributed by atoms with Crippen molar-refractivity contribution in [3.05, 3.63) is 48.3 Å². The lowest BCUT2D eigenvalue weighted by molar-refractivity contribution is 0.174. The highest BCUT2D eigenvalue weighted by molar-refractivity contribution is 5.67. The number of hydrogen-bond acceptors (Lipinski definition) is 10. The van der Waals surface area contributed by atoms with Crippen molar-refractivity contribution < 1.29 is 23.7 Å². The Morgan fingerprint density at radius 2 is 1.60 bits per heavy atom. The number of hydrogen-bond donors (Lipinski definition) is 1. The first-order valence-corrected chi connectivity index (χ1v) is 11.4. The maximum atomic E-state index is 5.51. The van der Waals surface area contributed by atoms with Crippen molar-refractivity contribution in [2.45, 2.75) is 6.54 Å². The highest BCUT2D eigenvalue weighted by Gasteiger charge is 2.20. The molecule has 3 aromatic rings. The molecule has 0 amide bonds. The van der Waals surface area contributed by atoms with Gasteiger partial charge in [-0.15, -0.1) is 0 Å². The third kappa shape index (κ3) is 4.97. The van der Waals surface area contributed by atoms with Gasteiger partial charge in [0, 0.05) is 56.6 Å². The van der Waals surface area contributed by atoms with Crippen molar-refractivity contribution in [3.8, 4) is 28.7 Å². The minimum absolute atomic E-state index is 0.298. The fourth-order valence-electron chi connectivity index (χ4n) is 4.32. The van der Waals surface area contributed by atoms with Crippen molar-refractivity contribution in [2.24, 2.45) is 0 Å². The summed E-state index contributed by atoms with van der Waals surface area (Å²) >= 11 is 0. The van der Waals surface area contributed by atoms with E-state index in [2.05, 4.69) is 37.2 Å². The maximum Gasteiger partial charge on any atom is 0.231 e. The molecule has 2 aliphatic heterocycles. The van der Waals surface area contributed by atoms with Crippen molar-refractivity contribution in [2.75, 3.05) is 64.5 Å². The van der Waals surface area contributed by atoms with E-state index in [1.807, 2.05) is 24.3 Å². The summed E-state index contributed by atoms with van der Waals surface area (Å²) in [4.78, 5) is 13.6. The van der Waals surface area contributed by atoms with Gasteiger partial charge in [-0.2, -0.15) is 0 Å². The summed E-state index contributed by atoms with van der Waals surface area (Å²) in [6.07, 6.45) is 1.58. The zero-order valence-electron chi connectivity index (χ0n) is 20.1. The van der Waals surface area contributed by atoms with Crippen molar-refractivity contribution in [3.63, 3.8) is 0 Å². The normalized spacial score (nSPS) is 15.1. The van der Waals surface area contributed by atoms with Gasteiger partial charge in [0.1, 0.15) is 18.0 Å². The molecule has 0 spiro atoms. The van der Waals surface area contributed by atoms with Crippen LogP contribution in [0, 0.1) is 0 Å². The molecule has 0 bridgehead atoms. The van der Waals surface area contributed by atoms with Crippen molar-refractivity contribution in [1.82, 2.24) is 14.9 Å². The monoisotopic (exact) mass is 479 g/mol. The number of methoxy groups -OCH3 is 3. The largest absolute Gasteiger partial charge is 0.493 e. The predicted molar refractivity (Wildman–Crippen MR) is 131 cm³/mol. The summed E-state index contributed by atoms with van der Waals surface area (Å²) in [7, 11) is 4.77. The molecular formula is C25H29N5O5. The Labute approximate surface area is 204 Å². The SMILES string of the molecule is COc1cc(Nc2cc(N3CCN(Cc4ccc5c(c4)OCO5)CC3)ncn2)cc(OC)c1OC. The van der Waals surface area contributed by atoms with Crippen LogP contribution >= 0.6 is 0 Å². The summed E-state index contributed by atoms with van der Waals surface area (Å²) in [5.74, 6) is 4.91. The average Bonchev–Trinajstić information content (AvgIpc) is 3.36. The summed E-state index contributed by atoms with van der Waals surface area (Å²) in [5.41, 5.74) is 2.00. The summed E-state index contributed by atoms with van der Waals surface area (Å²) < 4.78 is 27.2. The summed E-state index contributed by atoms with van der Waals surface area (Å²) in [5, 5.41) is 3.32. The summed E-state index contributed by atoms with van der Waals surface area (Å²) in [6, 6.07) is 11.8. The molecule has 0 saturated carbocycles. The molecule has 1 N–H and O–H groups in total. The first-order valence-electron chi connectivity index (χ1n) is 11.4. The van der Waals surface area contributed by atoms with Gasteiger partial charge in [0.25, 0.3) is 0 Å². The number of nitrogens with zero attached hydrogens (tertiary/aromatic N) is 4. The van der Waals surface area contributed by atoms with Gasteiger partial charge in [-0.05, 0) is 17.7 Å². The molecule has 0 atom stereocenters. The molecule has 35 heavy (non-hydrogen) atoms. The maximum absolute atomic E-state index is 5.51. The minimum Gasteiger partial charge on any atom is -0.493 e. The zero-order valence-corrected chi connectivity index (χ0v) is 20.1. The Kier molecular flexibility index (Phi) is 6.62. The van der Waals surface area contributed by atoms with E-state index in [0.717, 1.165) is 55.7 Å². The van der Waals surface area contributed by atoms with E-state index in [-0.39, 0.29) is 0 Å². The molecule has 184 valence electrons. The molecule has 0 radical (unpaired) electrons. The van der Waals surface area contributed by atoms with E-state index in [9.17, 15) is 0 Å². The van der Waals surface area contributed by atoms with Gasteiger partial charge >= 0.3 is 0 Å². The Balaban J connectivity index is 1.22. The van der Waals surface area contributed by atoms with Crippen molar-refractivity contribution >= 4 is 17.3 Å². The third-order valence-electron chi connectivity index (χ3n) is 6.13. The van der Waals surface area contributed by atoms with Crippen LogP contribution in [0.2, 0.25) is 0 Å². The van der Waals surface area contributed by atoms with Crippen molar-refractivity contribution in [1.29, 1.82) is 0 Å². The summed E-state index contributed by atoms with van der Waals surface area (Å²) in [6.45, 7) is 4.81. The molecule has 5 rings (SSSR count). The molecule has 0 unspecified atom stereocenters. The highest BCUT2D eigenvalue weighted by atomic mass is 16.7. The number of benzene rings is 2. The first kappa shape index (κ1) is 22.9. The van der Waals surface area contributed by atoms with Crippen LogP contribution in [0.3, 0.4) is 0 Å². The molecule has 2 aromatic carbocycles. The van der Waals surface area contributed by atoms with Gasteiger partial charge in [-0.1, -0.05) is 6.07 Å².